The summed E-state index contributed by atoms with van der Waals surface area (Å²) < 4.78 is 6.23. The molecule has 5 nitrogen and oxygen atoms in total. The fourth-order valence-electron chi connectivity index (χ4n) is 2.33. The van der Waals surface area contributed by atoms with E-state index in [2.05, 4.69) is 26.6 Å². The third kappa shape index (κ3) is 4.10. The minimum atomic E-state index is -0.165. The molecule has 0 radical (unpaired) electrons. The molecule has 0 saturated heterocycles. The van der Waals surface area contributed by atoms with E-state index in [1.54, 1.807) is 0 Å². The van der Waals surface area contributed by atoms with Crippen molar-refractivity contribution in [3.05, 3.63) is 52.5 Å². The van der Waals surface area contributed by atoms with Gasteiger partial charge in [0.1, 0.15) is 5.75 Å². The third-order valence-electron chi connectivity index (χ3n) is 3.43. The van der Waals surface area contributed by atoms with Gasteiger partial charge >= 0.3 is 0 Å². The number of hydrogen-bond acceptors (Lipinski definition) is 3. The molecule has 2 aromatic carbocycles. The highest BCUT2D eigenvalue weighted by atomic mass is 79.9. The summed E-state index contributed by atoms with van der Waals surface area (Å²) in [6.07, 6.45) is 0.948. The SMILES string of the molecule is O=C(CCc1ccc2c(c1)NC(=O)CO2)Nc1cccc(Br)c1. The van der Waals surface area contributed by atoms with Crippen LogP contribution < -0.4 is 15.4 Å². The predicted molar refractivity (Wildman–Crippen MR) is 91.7 cm³/mol. The van der Waals surface area contributed by atoms with E-state index in [0.717, 1.165) is 15.7 Å². The van der Waals surface area contributed by atoms with Crippen LogP contribution in [0.1, 0.15) is 12.0 Å². The van der Waals surface area contributed by atoms with E-state index in [-0.39, 0.29) is 18.4 Å². The molecule has 1 aliphatic heterocycles. The highest BCUT2D eigenvalue weighted by molar-refractivity contribution is 9.10. The third-order valence-corrected chi connectivity index (χ3v) is 3.92. The lowest BCUT2D eigenvalue weighted by Crippen LogP contribution is -2.25. The van der Waals surface area contributed by atoms with Crippen molar-refractivity contribution in [1.29, 1.82) is 0 Å². The van der Waals surface area contributed by atoms with Crippen molar-refractivity contribution in [3.63, 3.8) is 0 Å². The zero-order valence-electron chi connectivity index (χ0n) is 12.3. The van der Waals surface area contributed by atoms with Gasteiger partial charge in [0.25, 0.3) is 5.91 Å². The summed E-state index contributed by atoms with van der Waals surface area (Å²) in [5.41, 5.74) is 2.39. The van der Waals surface area contributed by atoms with Gasteiger partial charge in [-0.2, -0.15) is 0 Å². The highest BCUT2D eigenvalue weighted by Crippen LogP contribution is 2.28. The van der Waals surface area contributed by atoms with E-state index in [0.29, 0.717) is 24.3 Å². The molecule has 2 aromatic rings. The maximum absolute atomic E-state index is 12.0. The second-order valence-electron chi connectivity index (χ2n) is 5.23. The zero-order valence-corrected chi connectivity index (χ0v) is 13.9. The second-order valence-corrected chi connectivity index (χ2v) is 6.14. The molecule has 0 saturated carbocycles. The first-order chi connectivity index (χ1) is 11.1. The van der Waals surface area contributed by atoms with E-state index >= 15 is 0 Å². The van der Waals surface area contributed by atoms with Gasteiger partial charge in [0.05, 0.1) is 5.69 Å². The van der Waals surface area contributed by atoms with Gasteiger partial charge in [-0.1, -0.05) is 28.1 Å². The highest BCUT2D eigenvalue weighted by Gasteiger charge is 2.16. The Bertz CT molecular complexity index is 761. The van der Waals surface area contributed by atoms with Crippen LogP contribution in [-0.4, -0.2) is 18.4 Å². The van der Waals surface area contributed by atoms with Crippen LogP contribution in [0.4, 0.5) is 11.4 Å². The molecule has 0 aromatic heterocycles. The number of halogens is 1. The van der Waals surface area contributed by atoms with Crippen LogP contribution in [0.2, 0.25) is 0 Å². The van der Waals surface area contributed by atoms with Crippen LogP contribution in [0, 0.1) is 0 Å². The second kappa shape index (κ2) is 6.83. The Morgan fingerprint density at radius 3 is 2.96 bits per heavy atom. The van der Waals surface area contributed by atoms with Gasteiger partial charge in [-0.05, 0) is 42.3 Å². The van der Waals surface area contributed by atoms with E-state index in [1.165, 1.54) is 0 Å². The minimum absolute atomic E-state index is 0.0430. The predicted octanol–water partition coefficient (Wildman–Crippen LogP) is 3.35. The topological polar surface area (TPSA) is 67.4 Å². The molecule has 2 N–H and O–H groups in total. The first-order valence-electron chi connectivity index (χ1n) is 7.21. The van der Waals surface area contributed by atoms with Crippen molar-refractivity contribution in [2.24, 2.45) is 0 Å². The zero-order chi connectivity index (χ0) is 16.2. The van der Waals surface area contributed by atoms with Crippen LogP contribution in [0.15, 0.2) is 46.9 Å². The van der Waals surface area contributed by atoms with Gasteiger partial charge in [0.15, 0.2) is 6.61 Å². The quantitative estimate of drug-likeness (QED) is 0.861. The molecule has 3 rings (SSSR count). The number of ether oxygens (including phenoxy) is 1. The van der Waals surface area contributed by atoms with Crippen LogP contribution in [0.5, 0.6) is 5.75 Å². The number of nitrogens with one attached hydrogen (secondary N) is 2. The Labute approximate surface area is 142 Å². The molecule has 2 amide bonds. The van der Waals surface area contributed by atoms with Gasteiger partial charge in [-0.3, -0.25) is 9.59 Å². The van der Waals surface area contributed by atoms with Crippen LogP contribution in [-0.2, 0) is 16.0 Å². The molecule has 0 spiro atoms. The number of hydrogen-bond donors (Lipinski definition) is 2. The molecule has 0 atom stereocenters. The summed E-state index contributed by atoms with van der Waals surface area (Å²) in [5, 5.41) is 5.62. The summed E-state index contributed by atoms with van der Waals surface area (Å²) in [5.74, 6) is 0.440. The van der Waals surface area contributed by atoms with Crippen LogP contribution >= 0.6 is 15.9 Å². The number of anilines is 2. The molecule has 0 bridgehead atoms. The molecule has 1 heterocycles. The molecule has 0 aliphatic carbocycles. The fourth-order valence-corrected chi connectivity index (χ4v) is 2.73. The van der Waals surface area contributed by atoms with Crippen molar-refractivity contribution in [1.82, 2.24) is 0 Å². The van der Waals surface area contributed by atoms with E-state index in [1.807, 2.05) is 42.5 Å². The number of amides is 2. The van der Waals surface area contributed by atoms with Crippen LogP contribution in [0.25, 0.3) is 0 Å². The molecule has 0 unspecified atom stereocenters. The Balaban J connectivity index is 1.59. The van der Waals surface area contributed by atoms with E-state index in [4.69, 9.17) is 4.74 Å². The number of carbonyl (C=O) groups is 2. The summed E-state index contributed by atoms with van der Waals surface area (Å²) in [7, 11) is 0. The number of carbonyl (C=O) groups excluding carboxylic acids is 2. The van der Waals surface area contributed by atoms with Crippen LogP contribution in [0.3, 0.4) is 0 Å². The number of fused-ring (bicyclic) bond motifs is 1. The van der Waals surface area contributed by atoms with Crippen molar-refractivity contribution in [2.75, 3.05) is 17.2 Å². The van der Waals surface area contributed by atoms with Crippen molar-refractivity contribution < 1.29 is 14.3 Å². The lowest BCUT2D eigenvalue weighted by Gasteiger charge is -2.18. The lowest BCUT2D eigenvalue weighted by molar-refractivity contribution is -0.118. The smallest absolute Gasteiger partial charge is 0.262 e. The largest absolute Gasteiger partial charge is 0.482 e. The molecule has 0 fully saturated rings. The summed E-state index contributed by atoms with van der Waals surface area (Å²) in [4.78, 5) is 23.3. The van der Waals surface area contributed by atoms with Crippen molar-refractivity contribution in [2.45, 2.75) is 12.8 Å². The average Bonchev–Trinajstić information content (AvgIpc) is 2.52. The first-order valence-corrected chi connectivity index (χ1v) is 8.00. The molecule has 1 aliphatic rings. The maximum Gasteiger partial charge on any atom is 0.262 e. The van der Waals surface area contributed by atoms with Gasteiger partial charge in [-0.15, -0.1) is 0 Å². The summed E-state index contributed by atoms with van der Waals surface area (Å²) in [6, 6.07) is 13.0. The Morgan fingerprint density at radius 1 is 1.26 bits per heavy atom. The molecule has 6 heteroatoms. The van der Waals surface area contributed by atoms with Crippen molar-refractivity contribution >= 4 is 39.1 Å². The Morgan fingerprint density at radius 2 is 2.13 bits per heavy atom. The fraction of sp³-hybridized carbons (Fsp3) is 0.176. The van der Waals surface area contributed by atoms with E-state index < -0.39 is 0 Å². The average molecular weight is 375 g/mol. The monoisotopic (exact) mass is 374 g/mol. The van der Waals surface area contributed by atoms with Gasteiger partial charge < -0.3 is 15.4 Å². The standard InChI is InChI=1S/C17H15BrN2O3/c18-12-2-1-3-13(9-12)19-16(21)7-5-11-4-6-15-14(8-11)20-17(22)10-23-15/h1-4,6,8-9H,5,7,10H2,(H,19,21)(H,20,22). The molecular formula is C17H15BrN2O3. The molecule has 23 heavy (non-hydrogen) atoms. The number of aryl methyl sites for hydroxylation is 1. The maximum atomic E-state index is 12.0. The van der Waals surface area contributed by atoms with Gasteiger partial charge in [0.2, 0.25) is 5.91 Å². The lowest BCUT2D eigenvalue weighted by atomic mass is 10.1. The van der Waals surface area contributed by atoms with Gasteiger partial charge in [-0.25, -0.2) is 0 Å². The Kier molecular flexibility index (Phi) is 4.62. The molecular weight excluding hydrogens is 360 g/mol. The molecule has 118 valence electrons. The van der Waals surface area contributed by atoms with Crippen molar-refractivity contribution in [3.8, 4) is 5.75 Å². The summed E-state index contributed by atoms with van der Waals surface area (Å²) >= 11 is 3.37. The van der Waals surface area contributed by atoms with Gasteiger partial charge in [0, 0.05) is 16.6 Å². The normalized spacial score (nSPS) is 12.8. The minimum Gasteiger partial charge on any atom is -0.482 e. The Hall–Kier alpha value is -2.34. The van der Waals surface area contributed by atoms with E-state index in [9.17, 15) is 9.59 Å². The number of rotatable bonds is 4. The first kappa shape index (κ1) is 15.6. The number of benzene rings is 2. The summed E-state index contributed by atoms with van der Waals surface area (Å²) in [6.45, 7) is 0.0430.